The number of nitrogens with zero attached hydrogens (tertiary/aromatic N) is 2. The molecular weight excluding hydrogens is 436 g/mol. The first-order chi connectivity index (χ1) is 16.4. The number of fused-ring (bicyclic) bond motifs is 3. The van der Waals surface area contributed by atoms with Crippen LogP contribution in [0.15, 0.2) is 60.9 Å². The normalized spacial score (nSPS) is 12.9. The first-order valence-electron chi connectivity index (χ1n) is 10.8. The van der Waals surface area contributed by atoms with Gasteiger partial charge in [-0.1, -0.05) is 48.5 Å². The van der Waals surface area contributed by atoms with E-state index in [0.717, 1.165) is 22.3 Å². The van der Waals surface area contributed by atoms with Gasteiger partial charge in [0.25, 0.3) is 5.91 Å². The topological polar surface area (TPSA) is 131 Å². The third kappa shape index (κ3) is 5.20. The van der Waals surface area contributed by atoms with E-state index in [1.165, 1.54) is 12.4 Å². The molecule has 1 heterocycles. The van der Waals surface area contributed by atoms with Crippen LogP contribution in [-0.2, 0) is 16.1 Å². The average Bonchev–Trinajstić information content (AvgIpc) is 3.15. The van der Waals surface area contributed by atoms with E-state index in [2.05, 4.69) is 44.9 Å². The number of ether oxygens (including phenoxy) is 1. The lowest BCUT2D eigenvalue weighted by Crippen LogP contribution is -2.34. The number of benzene rings is 2. The smallest absolute Gasteiger partial charge is 0.407 e. The monoisotopic (exact) mass is 460 g/mol. The Kier molecular flexibility index (Phi) is 6.82. The number of nitrogens with one attached hydrogen (secondary N) is 2. The molecule has 9 nitrogen and oxygen atoms in total. The fourth-order valence-electron chi connectivity index (χ4n) is 3.98. The molecule has 0 unspecified atom stereocenters. The molecular formula is C25H24N4O5. The van der Waals surface area contributed by atoms with E-state index in [1.54, 1.807) is 6.92 Å². The van der Waals surface area contributed by atoms with Crippen LogP contribution < -0.4 is 10.6 Å². The number of aromatic nitrogens is 2. The first kappa shape index (κ1) is 22.9. The van der Waals surface area contributed by atoms with Crippen molar-refractivity contribution in [3.8, 4) is 11.1 Å². The van der Waals surface area contributed by atoms with E-state index in [9.17, 15) is 14.4 Å². The van der Waals surface area contributed by atoms with Crippen LogP contribution in [0.3, 0.4) is 0 Å². The predicted molar refractivity (Wildman–Crippen MR) is 123 cm³/mol. The number of carboxylic acids is 1. The van der Waals surface area contributed by atoms with Crippen molar-refractivity contribution < 1.29 is 24.2 Å². The molecule has 0 spiro atoms. The maximum absolute atomic E-state index is 12.3. The minimum Gasteiger partial charge on any atom is -0.481 e. The summed E-state index contributed by atoms with van der Waals surface area (Å²) in [6, 6.07) is 15.7. The van der Waals surface area contributed by atoms with Crippen LogP contribution >= 0.6 is 0 Å². The van der Waals surface area contributed by atoms with Crippen molar-refractivity contribution in [1.82, 2.24) is 20.6 Å². The second-order valence-corrected chi connectivity index (χ2v) is 8.04. The van der Waals surface area contributed by atoms with Gasteiger partial charge in [0.2, 0.25) is 0 Å². The molecule has 0 fully saturated rings. The summed E-state index contributed by atoms with van der Waals surface area (Å²) in [5.41, 5.74) is 4.77. The van der Waals surface area contributed by atoms with Crippen molar-refractivity contribution in [2.75, 3.05) is 6.61 Å². The van der Waals surface area contributed by atoms with Crippen LogP contribution in [-0.4, -0.2) is 45.7 Å². The van der Waals surface area contributed by atoms with E-state index in [-0.39, 0.29) is 31.1 Å². The zero-order valence-corrected chi connectivity index (χ0v) is 18.5. The van der Waals surface area contributed by atoms with Crippen molar-refractivity contribution in [2.24, 2.45) is 0 Å². The summed E-state index contributed by atoms with van der Waals surface area (Å²) in [6.45, 7) is 1.84. The first-order valence-corrected chi connectivity index (χ1v) is 10.8. The highest BCUT2D eigenvalue weighted by atomic mass is 16.5. The van der Waals surface area contributed by atoms with Gasteiger partial charge in [0, 0.05) is 24.4 Å². The Morgan fingerprint density at radius 2 is 1.59 bits per heavy atom. The Bertz CT molecular complexity index is 1170. The van der Waals surface area contributed by atoms with Gasteiger partial charge in [-0.05, 0) is 29.2 Å². The average molecular weight is 460 g/mol. The molecule has 3 N–H and O–H groups in total. The standard InChI is InChI=1S/C25H24N4O5/c1-15(10-23(30)31)29-24(32)16-11-26-22(27-12-16)13-28-25(33)34-14-21-19-8-4-2-6-17(19)18-7-3-5-9-20(18)21/h2-9,11-12,15,21H,10,13-14H2,1H3,(H,28,33)(H,29,32)(H,30,31)/t15-/m0/s1. The maximum Gasteiger partial charge on any atom is 0.407 e. The van der Waals surface area contributed by atoms with Gasteiger partial charge in [-0.25, -0.2) is 14.8 Å². The van der Waals surface area contributed by atoms with E-state index in [1.807, 2.05) is 24.3 Å². The van der Waals surface area contributed by atoms with Gasteiger partial charge < -0.3 is 20.5 Å². The molecule has 1 atom stereocenters. The fraction of sp³-hybridized carbons (Fsp3) is 0.240. The fourth-order valence-corrected chi connectivity index (χ4v) is 3.98. The third-order valence-corrected chi connectivity index (χ3v) is 5.56. The van der Waals surface area contributed by atoms with E-state index in [4.69, 9.17) is 9.84 Å². The summed E-state index contributed by atoms with van der Waals surface area (Å²) in [7, 11) is 0. The Labute approximate surface area is 196 Å². The predicted octanol–water partition coefficient (Wildman–Crippen LogP) is 3.11. The number of carbonyl (C=O) groups is 3. The lowest BCUT2D eigenvalue weighted by molar-refractivity contribution is -0.137. The largest absolute Gasteiger partial charge is 0.481 e. The molecule has 0 radical (unpaired) electrons. The summed E-state index contributed by atoms with van der Waals surface area (Å²) in [6.07, 6.45) is 1.87. The highest BCUT2D eigenvalue weighted by Crippen LogP contribution is 2.44. The third-order valence-electron chi connectivity index (χ3n) is 5.56. The molecule has 174 valence electrons. The van der Waals surface area contributed by atoms with Crippen molar-refractivity contribution >= 4 is 18.0 Å². The summed E-state index contributed by atoms with van der Waals surface area (Å²) in [4.78, 5) is 43.3. The quantitative estimate of drug-likeness (QED) is 0.471. The van der Waals surface area contributed by atoms with Crippen molar-refractivity contribution in [1.29, 1.82) is 0 Å². The molecule has 0 bridgehead atoms. The maximum atomic E-state index is 12.3. The van der Waals surface area contributed by atoms with Crippen LogP contribution in [0.25, 0.3) is 11.1 Å². The van der Waals surface area contributed by atoms with Gasteiger partial charge in [-0.3, -0.25) is 9.59 Å². The molecule has 0 saturated heterocycles. The van der Waals surface area contributed by atoms with Gasteiger partial charge in [-0.15, -0.1) is 0 Å². The van der Waals surface area contributed by atoms with E-state index in [0.29, 0.717) is 5.82 Å². The summed E-state index contributed by atoms with van der Waals surface area (Å²) >= 11 is 0. The van der Waals surface area contributed by atoms with Gasteiger partial charge in [-0.2, -0.15) is 0 Å². The van der Waals surface area contributed by atoms with E-state index < -0.39 is 24.0 Å². The lowest BCUT2D eigenvalue weighted by atomic mass is 9.98. The molecule has 3 aromatic rings. The number of amides is 2. The summed E-state index contributed by atoms with van der Waals surface area (Å²) in [5.74, 6) is -1.19. The van der Waals surface area contributed by atoms with Crippen molar-refractivity contribution in [3.05, 3.63) is 83.4 Å². The van der Waals surface area contributed by atoms with Crippen LogP contribution in [0.2, 0.25) is 0 Å². The van der Waals surface area contributed by atoms with Crippen LogP contribution in [0.1, 0.15) is 46.6 Å². The Morgan fingerprint density at radius 1 is 1.00 bits per heavy atom. The second-order valence-electron chi connectivity index (χ2n) is 8.04. The molecule has 2 aromatic carbocycles. The van der Waals surface area contributed by atoms with Gasteiger partial charge in [0.1, 0.15) is 12.4 Å². The van der Waals surface area contributed by atoms with Crippen LogP contribution in [0.5, 0.6) is 0 Å². The number of aliphatic carboxylic acids is 1. The van der Waals surface area contributed by atoms with E-state index >= 15 is 0 Å². The molecule has 1 aliphatic rings. The number of carbonyl (C=O) groups excluding carboxylic acids is 2. The van der Waals surface area contributed by atoms with Gasteiger partial charge >= 0.3 is 12.1 Å². The number of hydrogen-bond donors (Lipinski definition) is 3. The Balaban J connectivity index is 1.29. The summed E-state index contributed by atoms with van der Waals surface area (Å²) in [5, 5.41) is 14.0. The molecule has 1 aliphatic carbocycles. The zero-order valence-electron chi connectivity index (χ0n) is 18.5. The molecule has 2 amide bonds. The Morgan fingerprint density at radius 3 is 2.18 bits per heavy atom. The molecule has 34 heavy (non-hydrogen) atoms. The number of alkyl carbamates (subject to hydrolysis) is 1. The number of hydrogen-bond acceptors (Lipinski definition) is 6. The van der Waals surface area contributed by atoms with Crippen LogP contribution in [0, 0.1) is 0 Å². The summed E-state index contributed by atoms with van der Waals surface area (Å²) < 4.78 is 5.48. The molecule has 1 aromatic heterocycles. The number of rotatable bonds is 8. The number of carboxylic acid groups (broad SMARTS) is 1. The second kappa shape index (κ2) is 10.1. The zero-order chi connectivity index (χ0) is 24.1. The van der Waals surface area contributed by atoms with Crippen LogP contribution in [0.4, 0.5) is 4.79 Å². The highest BCUT2D eigenvalue weighted by Gasteiger charge is 2.29. The molecule has 0 aliphatic heterocycles. The SMILES string of the molecule is C[C@@H](CC(=O)O)NC(=O)c1cnc(CNC(=O)OCC2c3ccccc3-c3ccccc32)nc1. The Hall–Kier alpha value is -4.27. The van der Waals surface area contributed by atoms with Crippen molar-refractivity contribution in [3.63, 3.8) is 0 Å². The molecule has 4 rings (SSSR count). The molecule has 9 heteroatoms. The minimum atomic E-state index is -1.00. The lowest BCUT2D eigenvalue weighted by Gasteiger charge is -2.14. The van der Waals surface area contributed by atoms with Gasteiger partial charge in [0.15, 0.2) is 0 Å². The molecule has 0 saturated carbocycles. The van der Waals surface area contributed by atoms with Gasteiger partial charge in [0.05, 0.1) is 18.5 Å². The van der Waals surface area contributed by atoms with Crippen molar-refractivity contribution in [2.45, 2.75) is 31.8 Å². The highest BCUT2D eigenvalue weighted by molar-refractivity contribution is 5.94. The minimum absolute atomic E-state index is 0.0317.